The first-order chi connectivity index (χ1) is 14.2. The van der Waals surface area contributed by atoms with Gasteiger partial charge in [0.1, 0.15) is 17.1 Å². The summed E-state index contributed by atoms with van der Waals surface area (Å²) in [6.45, 7) is 1.07. The summed E-state index contributed by atoms with van der Waals surface area (Å²) in [5, 5.41) is 10.00. The molecule has 0 unspecified atom stereocenters. The highest BCUT2D eigenvalue weighted by Crippen LogP contribution is 2.24. The third-order valence-electron chi connectivity index (χ3n) is 4.49. The molecule has 0 bridgehead atoms. The fraction of sp³-hybridized carbons (Fsp3) is 0.130. The molecule has 2 aromatic heterocycles. The molecule has 0 fully saturated rings. The lowest BCUT2D eigenvalue weighted by Gasteiger charge is -2.11. The highest BCUT2D eigenvalue weighted by molar-refractivity contribution is 5.86. The van der Waals surface area contributed by atoms with Crippen LogP contribution in [0.25, 0.3) is 17.0 Å². The van der Waals surface area contributed by atoms with E-state index >= 15 is 0 Å². The van der Waals surface area contributed by atoms with E-state index in [-0.39, 0.29) is 12.4 Å². The van der Waals surface area contributed by atoms with Crippen LogP contribution >= 0.6 is 12.4 Å². The predicted molar refractivity (Wildman–Crippen MR) is 117 cm³/mol. The Balaban J connectivity index is 0.00000256. The Morgan fingerprint density at radius 2 is 2.07 bits per heavy atom. The molecule has 0 aliphatic heterocycles. The highest BCUT2D eigenvalue weighted by atomic mass is 35.5. The second kappa shape index (κ2) is 9.80. The van der Waals surface area contributed by atoms with E-state index in [1.165, 1.54) is 0 Å². The van der Waals surface area contributed by atoms with E-state index < -0.39 is 5.97 Å². The molecule has 4 rings (SSSR count). The number of carboxylic acids is 1. The minimum atomic E-state index is -0.999. The molecule has 0 radical (unpaired) electrons. The molecule has 154 valence electrons. The number of imidazole rings is 1. The predicted octanol–water partition coefficient (Wildman–Crippen LogP) is 4.82. The van der Waals surface area contributed by atoms with E-state index in [4.69, 9.17) is 14.3 Å². The summed E-state index contributed by atoms with van der Waals surface area (Å²) in [6, 6.07) is 15.6. The Hall–Kier alpha value is -3.51. The molecule has 4 aromatic rings. The Labute approximate surface area is 179 Å². The van der Waals surface area contributed by atoms with E-state index in [9.17, 15) is 4.79 Å². The summed E-state index contributed by atoms with van der Waals surface area (Å²) in [5.74, 6) is 0.486. The molecule has 1 N–H and O–H groups in total. The van der Waals surface area contributed by atoms with Crippen molar-refractivity contribution in [2.75, 3.05) is 6.61 Å². The quantitative estimate of drug-likeness (QED) is 0.410. The highest BCUT2D eigenvalue weighted by Gasteiger charge is 2.07. The van der Waals surface area contributed by atoms with Crippen LogP contribution in [0.15, 0.2) is 77.7 Å². The van der Waals surface area contributed by atoms with Crippen LogP contribution in [0.1, 0.15) is 16.9 Å². The maximum atomic E-state index is 10.9. The number of fused-ring (bicyclic) bond motifs is 1. The lowest BCUT2D eigenvalue weighted by Crippen LogP contribution is -2.04. The molecule has 0 aliphatic carbocycles. The fourth-order valence-corrected chi connectivity index (χ4v) is 3.11. The van der Waals surface area contributed by atoms with Gasteiger partial charge < -0.3 is 18.8 Å². The lowest BCUT2D eigenvalue weighted by molar-refractivity contribution is -0.131. The zero-order chi connectivity index (χ0) is 20.1. The molecule has 7 heteroatoms. The van der Waals surface area contributed by atoms with Gasteiger partial charge in [-0.2, -0.15) is 0 Å². The zero-order valence-corrected chi connectivity index (χ0v) is 16.9. The molecule has 2 aromatic carbocycles. The van der Waals surface area contributed by atoms with Gasteiger partial charge in [0.05, 0.1) is 12.9 Å². The van der Waals surface area contributed by atoms with E-state index in [0.717, 1.165) is 28.4 Å². The van der Waals surface area contributed by atoms with Crippen molar-refractivity contribution in [2.24, 2.45) is 0 Å². The summed E-state index contributed by atoms with van der Waals surface area (Å²) < 4.78 is 13.8. The number of para-hydroxylation sites is 1. The maximum Gasteiger partial charge on any atom is 0.328 e. The minimum absolute atomic E-state index is 0. The van der Waals surface area contributed by atoms with E-state index in [0.29, 0.717) is 30.9 Å². The number of nitrogens with zero attached hydrogens (tertiary/aromatic N) is 2. The molecular weight excluding hydrogens is 404 g/mol. The van der Waals surface area contributed by atoms with Crippen molar-refractivity contribution in [3.05, 3.63) is 90.2 Å². The van der Waals surface area contributed by atoms with Crippen LogP contribution in [-0.2, 0) is 17.8 Å². The Morgan fingerprint density at radius 1 is 1.20 bits per heavy atom. The number of ether oxygens (including phenoxy) is 1. The zero-order valence-electron chi connectivity index (χ0n) is 16.1. The summed E-state index contributed by atoms with van der Waals surface area (Å²) >= 11 is 0. The van der Waals surface area contributed by atoms with Gasteiger partial charge in [-0.25, -0.2) is 9.78 Å². The minimum Gasteiger partial charge on any atom is -0.492 e. The largest absolute Gasteiger partial charge is 0.492 e. The van der Waals surface area contributed by atoms with Crippen molar-refractivity contribution in [2.45, 2.75) is 13.0 Å². The van der Waals surface area contributed by atoms with Gasteiger partial charge in [0, 0.05) is 42.4 Å². The smallest absolute Gasteiger partial charge is 0.328 e. The fourth-order valence-electron chi connectivity index (χ4n) is 3.11. The number of carbonyl (C=O) groups is 1. The van der Waals surface area contributed by atoms with Crippen molar-refractivity contribution < 1.29 is 19.1 Å². The number of furan rings is 1. The number of hydrogen-bond donors (Lipinski definition) is 1. The van der Waals surface area contributed by atoms with Gasteiger partial charge in [0.2, 0.25) is 0 Å². The molecular formula is C23H21ClN2O4. The topological polar surface area (TPSA) is 77.5 Å². The number of benzene rings is 2. The monoisotopic (exact) mass is 424 g/mol. The second-order valence-electron chi connectivity index (χ2n) is 6.63. The number of rotatable bonds is 8. The molecule has 2 heterocycles. The van der Waals surface area contributed by atoms with E-state index in [1.54, 1.807) is 18.6 Å². The molecule has 0 aliphatic rings. The van der Waals surface area contributed by atoms with Crippen molar-refractivity contribution in [1.29, 1.82) is 0 Å². The van der Waals surface area contributed by atoms with Crippen molar-refractivity contribution in [3.63, 3.8) is 0 Å². The van der Waals surface area contributed by atoms with Crippen LogP contribution in [0.2, 0.25) is 0 Å². The Kier molecular flexibility index (Phi) is 6.93. The van der Waals surface area contributed by atoms with Crippen LogP contribution in [0.5, 0.6) is 5.75 Å². The van der Waals surface area contributed by atoms with Gasteiger partial charge in [0.15, 0.2) is 0 Å². The van der Waals surface area contributed by atoms with E-state index in [1.807, 2.05) is 59.3 Å². The van der Waals surface area contributed by atoms with Gasteiger partial charge in [-0.3, -0.25) is 0 Å². The van der Waals surface area contributed by atoms with E-state index in [2.05, 4.69) is 4.98 Å². The summed E-state index contributed by atoms with van der Waals surface area (Å²) in [5.41, 5.74) is 2.61. The maximum absolute atomic E-state index is 10.9. The van der Waals surface area contributed by atoms with Crippen molar-refractivity contribution in [1.82, 2.24) is 9.55 Å². The summed E-state index contributed by atoms with van der Waals surface area (Å²) in [6.07, 6.45) is 8.63. The van der Waals surface area contributed by atoms with Crippen LogP contribution in [0.4, 0.5) is 0 Å². The first kappa shape index (κ1) is 21.2. The summed E-state index contributed by atoms with van der Waals surface area (Å²) in [7, 11) is 0. The average Bonchev–Trinajstić information content (AvgIpc) is 3.36. The number of halogens is 1. The number of carboxylic acid groups (broad SMARTS) is 1. The van der Waals surface area contributed by atoms with Crippen molar-refractivity contribution in [3.8, 4) is 5.75 Å². The number of aromatic nitrogens is 2. The molecule has 0 saturated heterocycles. The lowest BCUT2D eigenvalue weighted by atomic mass is 10.1. The van der Waals surface area contributed by atoms with Crippen LogP contribution < -0.4 is 4.74 Å². The number of aliphatic carboxylic acids is 1. The summed E-state index contributed by atoms with van der Waals surface area (Å²) in [4.78, 5) is 14.9. The van der Waals surface area contributed by atoms with Gasteiger partial charge in [-0.1, -0.05) is 30.3 Å². The molecule has 30 heavy (non-hydrogen) atoms. The number of hydrogen-bond acceptors (Lipinski definition) is 4. The van der Waals surface area contributed by atoms with Gasteiger partial charge in [0.25, 0.3) is 0 Å². The first-order valence-electron chi connectivity index (χ1n) is 9.27. The Morgan fingerprint density at radius 3 is 2.83 bits per heavy atom. The molecule has 6 nitrogen and oxygen atoms in total. The van der Waals surface area contributed by atoms with Crippen molar-refractivity contribution >= 4 is 35.4 Å². The van der Waals surface area contributed by atoms with Crippen LogP contribution in [0.3, 0.4) is 0 Å². The SMILES string of the molecule is Cl.O=C(O)/C=C/c1ccc(Cn2ccnc2)cc1OCCc1cc2ccccc2o1. The van der Waals surface area contributed by atoms with Crippen LogP contribution in [-0.4, -0.2) is 27.2 Å². The molecule has 0 saturated carbocycles. The molecule has 0 atom stereocenters. The normalized spacial score (nSPS) is 10.9. The third kappa shape index (κ3) is 5.30. The molecule has 0 spiro atoms. The average molecular weight is 425 g/mol. The molecule has 0 amide bonds. The first-order valence-corrected chi connectivity index (χ1v) is 9.27. The Bertz CT molecular complexity index is 1120. The van der Waals surface area contributed by atoms with Gasteiger partial charge in [-0.15, -0.1) is 12.4 Å². The van der Waals surface area contributed by atoms with Crippen LogP contribution in [0, 0.1) is 0 Å². The van der Waals surface area contributed by atoms with Gasteiger partial charge in [-0.05, 0) is 29.8 Å². The second-order valence-corrected chi connectivity index (χ2v) is 6.63. The van der Waals surface area contributed by atoms with Gasteiger partial charge >= 0.3 is 5.97 Å². The third-order valence-corrected chi connectivity index (χ3v) is 4.49. The standard InChI is InChI=1S/C23H20N2O4.ClH/c26-23(27)8-7-18-6-5-17(15-25-11-10-24-16-25)13-22(18)28-12-9-20-14-19-3-1-2-4-21(19)29-20;/h1-8,10-11,13-14,16H,9,12,15H2,(H,26,27);1H/b8-7+;.